The summed E-state index contributed by atoms with van der Waals surface area (Å²) < 4.78 is 26.8. The lowest BCUT2D eigenvalue weighted by Crippen LogP contribution is -2.46. The number of nitrogens with zero attached hydrogens (tertiary/aromatic N) is 1. The lowest BCUT2D eigenvalue weighted by atomic mass is 9.97. The number of hydrogen-bond acceptors (Lipinski definition) is 2. The van der Waals surface area contributed by atoms with Gasteiger partial charge >= 0.3 is 0 Å². The van der Waals surface area contributed by atoms with Crippen molar-refractivity contribution < 1.29 is 13.9 Å². The molecule has 0 saturated carbocycles. The molecule has 0 bridgehead atoms. The molecule has 1 aromatic carbocycles. The quantitative estimate of drug-likeness (QED) is 0.907. The van der Waals surface area contributed by atoms with E-state index >= 15 is 0 Å². The van der Waals surface area contributed by atoms with E-state index in [9.17, 15) is 8.78 Å². The molecule has 0 aliphatic carbocycles. The van der Waals surface area contributed by atoms with E-state index in [0.29, 0.717) is 6.54 Å². The van der Waals surface area contributed by atoms with Gasteiger partial charge in [0.25, 0.3) is 5.92 Å². The van der Waals surface area contributed by atoms with Gasteiger partial charge in [0.1, 0.15) is 6.61 Å². The third kappa shape index (κ3) is 2.31. The molecule has 0 spiro atoms. The number of aliphatic hydroxyl groups excluding tert-OH is 1. The molecule has 0 fully saturated rings. The Morgan fingerprint density at radius 1 is 1.40 bits per heavy atom. The van der Waals surface area contributed by atoms with Gasteiger partial charge in [0.2, 0.25) is 0 Å². The summed E-state index contributed by atoms with van der Waals surface area (Å²) in [5, 5.41) is 9.92. The number of fused-ring (bicyclic) bond motifs is 3. The van der Waals surface area contributed by atoms with Crippen molar-refractivity contribution in [2.45, 2.75) is 31.9 Å². The Bertz CT molecular complexity index is 623. The predicted molar refractivity (Wildman–Crippen MR) is 73.9 cm³/mol. The van der Waals surface area contributed by atoms with Crippen LogP contribution in [0, 0.1) is 0 Å². The van der Waals surface area contributed by atoms with Crippen molar-refractivity contribution in [1.82, 2.24) is 9.88 Å². The second-order valence-electron chi connectivity index (χ2n) is 5.60. The molecule has 1 aliphatic rings. The van der Waals surface area contributed by atoms with Crippen LogP contribution in [-0.4, -0.2) is 40.1 Å². The summed E-state index contributed by atoms with van der Waals surface area (Å²) in [5.74, 6) is -3.04. The zero-order valence-corrected chi connectivity index (χ0v) is 11.4. The highest BCUT2D eigenvalue weighted by Gasteiger charge is 2.35. The average Bonchev–Trinajstić information content (AvgIpc) is 2.77. The van der Waals surface area contributed by atoms with Crippen molar-refractivity contribution in [2.75, 3.05) is 13.2 Å². The highest BCUT2D eigenvalue weighted by Crippen LogP contribution is 2.31. The molecule has 3 nitrogen and oxygen atoms in total. The van der Waals surface area contributed by atoms with Crippen LogP contribution in [0.1, 0.15) is 18.2 Å². The summed E-state index contributed by atoms with van der Waals surface area (Å²) in [6.07, 6.45) is 0.751. The Morgan fingerprint density at radius 2 is 2.15 bits per heavy atom. The monoisotopic (exact) mass is 280 g/mol. The van der Waals surface area contributed by atoms with E-state index in [-0.39, 0.29) is 6.04 Å². The Balaban J connectivity index is 1.90. The standard InChI is InChI=1S/C15H18F2N2O/c1-10-6-12-11-4-2-3-5-13(11)18-14(12)7-19(10)8-15(16,17)9-20/h2-5,10,18,20H,6-9H2,1H3. The molecule has 0 amide bonds. The van der Waals surface area contributed by atoms with Gasteiger partial charge < -0.3 is 10.1 Å². The van der Waals surface area contributed by atoms with Crippen LogP contribution in [0.15, 0.2) is 24.3 Å². The van der Waals surface area contributed by atoms with Crippen LogP contribution >= 0.6 is 0 Å². The number of nitrogens with one attached hydrogen (secondary N) is 1. The van der Waals surface area contributed by atoms with Crippen molar-refractivity contribution in [1.29, 1.82) is 0 Å². The molecular formula is C15H18F2N2O. The van der Waals surface area contributed by atoms with Crippen LogP contribution in [0.3, 0.4) is 0 Å². The van der Waals surface area contributed by atoms with Gasteiger partial charge in [-0.15, -0.1) is 0 Å². The van der Waals surface area contributed by atoms with Crippen molar-refractivity contribution >= 4 is 10.9 Å². The Morgan fingerprint density at radius 3 is 2.90 bits per heavy atom. The molecule has 0 radical (unpaired) electrons. The number of rotatable bonds is 3. The van der Waals surface area contributed by atoms with Gasteiger partial charge in [-0.05, 0) is 25.0 Å². The van der Waals surface area contributed by atoms with Gasteiger partial charge in [0.05, 0.1) is 6.54 Å². The number of halogens is 2. The fraction of sp³-hybridized carbons (Fsp3) is 0.467. The number of hydrogen-bond donors (Lipinski definition) is 2. The number of aliphatic hydroxyl groups is 1. The molecule has 2 heterocycles. The Kier molecular flexibility index (Phi) is 3.26. The number of H-pyrrole nitrogens is 1. The smallest absolute Gasteiger partial charge is 0.283 e. The molecule has 108 valence electrons. The summed E-state index contributed by atoms with van der Waals surface area (Å²) in [5.41, 5.74) is 3.30. The molecule has 5 heteroatoms. The Labute approximate surface area is 116 Å². The van der Waals surface area contributed by atoms with E-state index in [0.717, 1.165) is 17.6 Å². The summed E-state index contributed by atoms with van der Waals surface area (Å²) >= 11 is 0. The molecule has 2 aromatic rings. The first-order valence-corrected chi connectivity index (χ1v) is 6.81. The molecule has 20 heavy (non-hydrogen) atoms. The largest absolute Gasteiger partial charge is 0.390 e. The minimum absolute atomic E-state index is 0.0409. The highest BCUT2D eigenvalue weighted by molar-refractivity contribution is 5.84. The molecule has 2 N–H and O–H groups in total. The van der Waals surface area contributed by atoms with Gasteiger partial charge in [-0.25, -0.2) is 8.78 Å². The van der Waals surface area contributed by atoms with E-state index in [1.54, 1.807) is 4.90 Å². The van der Waals surface area contributed by atoms with Gasteiger partial charge in [-0.3, -0.25) is 4.90 Å². The number of para-hydroxylation sites is 1. The Hall–Kier alpha value is -1.46. The van der Waals surface area contributed by atoms with Crippen LogP contribution in [0.4, 0.5) is 8.78 Å². The van der Waals surface area contributed by atoms with Crippen LogP contribution in [-0.2, 0) is 13.0 Å². The second kappa shape index (κ2) is 4.82. The van der Waals surface area contributed by atoms with E-state index in [1.807, 2.05) is 25.1 Å². The molecule has 1 unspecified atom stereocenters. The number of aromatic amines is 1. The van der Waals surface area contributed by atoms with E-state index in [2.05, 4.69) is 11.1 Å². The first kappa shape index (κ1) is 13.5. The summed E-state index contributed by atoms with van der Waals surface area (Å²) in [4.78, 5) is 5.05. The molecule has 1 aliphatic heterocycles. The van der Waals surface area contributed by atoms with Crippen molar-refractivity contribution in [2.24, 2.45) is 0 Å². The lowest BCUT2D eigenvalue weighted by Gasteiger charge is -2.35. The van der Waals surface area contributed by atoms with Crippen LogP contribution in [0.5, 0.6) is 0 Å². The predicted octanol–water partition coefficient (Wildman–Crippen LogP) is 2.54. The first-order valence-electron chi connectivity index (χ1n) is 6.81. The highest BCUT2D eigenvalue weighted by atomic mass is 19.3. The maximum absolute atomic E-state index is 13.4. The minimum atomic E-state index is -3.04. The van der Waals surface area contributed by atoms with Crippen LogP contribution in [0.2, 0.25) is 0 Å². The minimum Gasteiger partial charge on any atom is -0.390 e. The second-order valence-corrected chi connectivity index (χ2v) is 5.60. The fourth-order valence-corrected chi connectivity index (χ4v) is 2.97. The average molecular weight is 280 g/mol. The maximum Gasteiger partial charge on any atom is 0.283 e. The number of alkyl halides is 2. The zero-order valence-electron chi connectivity index (χ0n) is 11.4. The molecule has 1 atom stereocenters. The van der Waals surface area contributed by atoms with Crippen LogP contribution < -0.4 is 0 Å². The third-order valence-corrected chi connectivity index (χ3v) is 4.05. The van der Waals surface area contributed by atoms with E-state index < -0.39 is 19.1 Å². The van der Waals surface area contributed by atoms with Gasteiger partial charge in [-0.1, -0.05) is 18.2 Å². The normalized spacial score (nSPS) is 20.3. The van der Waals surface area contributed by atoms with E-state index in [1.165, 1.54) is 10.9 Å². The van der Waals surface area contributed by atoms with E-state index in [4.69, 9.17) is 5.11 Å². The van der Waals surface area contributed by atoms with Crippen molar-refractivity contribution in [3.63, 3.8) is 0 Å². The van der Waals surface area contributed by atoms with Crippen molar-refractivity contribution in [3.8, 4) is 0 Å². The van der Waals surface area contributed by atoms with Crippen molar-refractivity contribution in [3.05, 3.63) is 35.5 Å². The summed E-state index contributed by atoms with van der Waals surface area (Å²) in [6.45, 7) is 0.925. The SMILES string of the molecule is CC1Cc2c([nH]c3ccccc23)CN1CC(F)(F)CO. The topological polar surface area (TPSA) is 39.3 Å². The van der Waals surface area contributed by atoms with Gasteiger partial charge in [0, 0.05) is 29.2 Å². The fourth-order valence-electron chi connectivity index (χ4n) is 2.97. The maximum atomic E-state index is 13.4. The molecular weight excluding hydrogens is 262 g/mol. The molecule has 1 aromatic heterocycles. The van der Waals surface area contributed by atoms with Gasteiger partial charge in [0.15, 0.2) is 0 Å². The van der Waals surface area contributed by atoms with Crippen LogP contribution in [0.25, 0.3) is 10.9 Å². The third-order valence-electron chi connectivity index (χ3n) is 4.05. The summed E-state index contributed by atoms with van der Waals surface area (Å²) in [6, 6.07) is 8.07. The van der Waals surface area contributed by atoms with Gasteiger partial charge in [-0.2, -0.15) is 0 Å². The summed E-state index contributed by atoms with van der Waals surface area (Å²) in [7, 11) is 0. The number of benzene rings is 1. The number of aromatic nitrogens is 1. The first-order chi connectivity index (χ1) is 9.50. The molecule has 3 rings (SSSR count). The molecule has 0 saturated heterocycles. The zero-order chi connectivity index (χ0) is 14.3. The lowest BCUT2D eigenvalue weighted by molar-refractivity contribution is -0.0819.